The van der Waals surface area contributed by atoms with Crippen LogP contribution < -0.4 is 5.73 Å². The zero-order chi connectivity index (χ0) is 8.27. The average Bonchev–Trinajstić information content (AvgIpc) is 1.93. The molecule has 0 aliphatic rings. The molecule has 3 N–H and O–H groups in total. The van der Waals surface area contributed by atoms with E-state index in [2.05, 4.69) is 4.98 Å². The third kappa shape index (κ3) is 2.25. The van der Waals surface area contributed by atoms with Crippen LogP contribution in [0.5, 0.6) is 0 Å². The molecule has 1 heterocycles. The van der Waals surface area contributed by atoms with Crippen molar-refractivity contribution in [2.45, 2.75) is 6.42 Å². The Labute approximate surface area is 63.7 Å². The molecule has 0 amide bonds. The number of pyridine rings is 1. The molecule has 0 unspecified atom stereocenters. The van der Waals surface area contributed by atoms with Gasteiger partial charge in [0.25, 0.3) is 0 Å². The van der Waals surface area contributed by atoms with Crippen LogP contribution >= 0.6 is 0 Å². The number of nitrogen functional groups attached to an aromatic ring is 1. The highest BCUT2D eigenvalue weighted by Crippen LogP contribution is 2.01. The molecular formula is C7H8N2O2. The van der Waals surface area contributed by atoms with Gasteiger partial charge in [0.15, 0.2) is 0 Å². The second kappa shape index (κ2) is 3.01. The highest BCUT2D eigenvalue weighted by Gasteiger charge is 1.99. The molecule has 4 nitrogen and oxygen atoms in total. The molecule has 0 aliphatic carbocycles. The van der Waals surface area contributed by atoms with Gasteiger partial charge in [-0.2, -0.15) is 0 Å². The van der Waals surface area contributed by atoms with Crippen molar-refractivity contribution < 1.29 is 9.90 Å². The summed E-state index contributed by atoms with van der Waals surface area (Å²) in [5.74, 6) is -0.887. The fourth-order valence-corrected chi connectivity index (χ4v) is 0.695. The van der Waals surface area contributed by atoms with Crippen LogP contribution in [-0.4, -0.2) is 16.1 Å². The molecule has 0 saturated heterocycles. The summed E-state index contributed by atoms with van der Waals surface area (Å²) < 4.78 is 0. The second-order valence-electron chi connectivity index (χ2n) is 2.15. The first-order valence-corrected chi connectivity index (χ1v) is 3.10. The van der Waals surface area contributed by atoms with Crippen LogP contribution in [0.3, 0.4) is 0 Å². The molecule has 0 radical (unpaired) electrons. The standard InChI is InChI=1S/C7H8N2O2/c8-5-1-2-6(9-4-5)3-7(10)11/h1-2,4H,3,8H2,(H,10,11). The summed E-state index contributed by atoms with van der Waals surface area (Å²) in [5.41, 5.74) is 6.41. The van der Waals surface area contributed by atoms with Gasteiger partial charge in [-0.3, -0.25) is 9.78 Å². The number of anilines is 1. The molecule has 4 heteroatoms. The predicted octanol–water partition coefficient (Wildman–Crippen LogP) is 0.291. The van der Waals surface area contributed by atoms with Gasteiger partial charge in [-0.15, -0.1) is 0 Å². The van der Waals surface area contributed by atoms with Crippen molar-refractivity contribution in [1.82, 2.24) is 4.98 Å². The van der Waals surface area contributed by atoms with Crippen LogP contribution in [0.25, 0.3) is 0 Å². The first-order valence-electron chi connectivity index (χ1n) is 3.10. The predicted molar refractivity (Wildman–Crippen MR) is 40.0 cm³/mol. The Balaban J connectivity index is 2.74. The van der Waals surface area contributed by atoms with E-state index >= 15 is 0 Å². The van der Waals surface area contributed by atoms with Crippen molar-refractivity contribution in [3.05, 3.63) is 24.0 Å². The van der Waals surface area contributed by atoms with Crippen molar-refractivity contribution in [3.63, 3.8) is 0 Å². The number of carbonyl (C=O) groups is 1. The van der Waals surface area contributed by atoms with Gasteiger partial charge >= 0.3 is 5.97 Å². The fraction of sp³-hybridized carbons (Fsp3) is 0.143. The van der Waals surface area contributed by atoms with Gasteiger partial charge in [0.1, 0.15) is 0 Å². The minimum Gasteiger partial charge on any atom is -0.481 e. The Morgan fingerprint density at radius 3 is 2.82 bits per heavy atom. The zero-order valence-corrected chi connectivity index (χ0v) is 5.82. The van der Waals surface area contributed by atoms with Crippen molar-refractivity contribution >= 4 is 11.7 Å². The number of aliphatic carboxylic acids is 1. The van der Waals surface area contributed by atoms with Crippen LogP contribution in [-0.2, 0) is 11.2 Å². The topological polar surface area (TPSA) is 76.2 Å². The summed E-state index contributed by atoms with van der Waals surface area (Å²) >= 11 is 0. The Morgan fingerprint density at radius 1 is 1.64 bits per heavy atom. The van der Waals surface area contributed by atoms with Crippen LogP contribution in [0.4, 0.5) is 5.69 Å². The molecule has 0 bridgehead atoms. The molecule has 0 spiro atoms. The van der Waals surface area contributed by atoms with Gasteiger partial charge < -0.3 is 10.8 Å². The lowest BCUT2D eigenvalue weighted by Crippen LogP contribution is -2.02. The molecule has 0 fully saturated rings. The van der Waals surface area contributed by atoms with Crippen LogP contribution in [0.15, 0.2) is 18.3 Å². The summed E-state index contributed by atoms with van der Waals surface area (Å²) in [5, 5.41) is 8.36. The van der Waals surface area contributed by atoms with E-state index in [1.165, 1.54) is 6.20 Å². The Kier molecular flexibility index (Phi) is 2.06. The Bertz CT molecular complexity index is 256. The monoisotopic (exact) mass is 152 g/mol. The van der Waals surface area contributed by atoms with E-state index in [0.29, 0.717) is 11.4 Å². The molecular weight excluding hydrogens is 144 g/mol. The first-order chi connectivity index (χ1) is 5.18. The molecule has 0 aliphatic heterocycles. The summed E-state index contributed by atoms with van der Waals surface area (Å²) in [6.45, 7) is 0. The lowest BCUT2D eigenvalue weighted by Gasteiger charge is -1.95. The van der Waals surface area contributed by atoms with E-state index in [0.717, 1.165) is 0 Å². The van der Waals surface area contributed by atoms with E-state index < -0.39 is 5.97 Å². The quantitative estimate of drug-likeness (QED) is 0.638. The van der Waals surface area contributed by atoms with E-state index in [-0.39, 0.29) is 6.42 Å². The molecule has 1 aromatic heterocycles. The second-order valence-corrected chi connectivity index (χ2v) is 2.15. The lowest BCUT2D eigenvalue weighted by molar-refractivity contribution is -0.136. The molecule has 11 heavy (non-hydrogen) atoms. The van der Waals surface area contributed by atoms with Gasteiger partial charge in [-0.05, 0) is 12.1 Å². The number of hydrogen-bond donors (Lipinski definition) is 2. The highest BCUT2D eigenvalue weighted by atomic mass is 16.4. The normalized spacial score (nSPS) is 9.45. The fourth-order valence-electron chi connectivity index (χ4n) is 0.695. The van der Waals surface area contributed by atoms with Crippen LogP contribution in [0.1, 0.15) is 5.69 Å². The van der Waals surface area contributed by atoms with E-state index in [9.17, 15) is 4.79 Å². The molecule has 1 rings (SSSR count). The number of carboxylic acids is 1. The number of hydrogen-bond acceptors (Lipinski definition) is 3. The summed E-state index contributed by atoms with van der Waals surface area (Å²) in [6, 6.07) is 3.23. The zero-order valence-electron chi connectivity index (χ0n) is 5.82. The van der Waals surface area contributed by atoms with Gasteiger partial charge in [0.05, 0.1) is 24.0 Å². The highest BCUT2D eigenvalue weighted by molar-refractivity contribution is 5.69. The lowest BCUT2D eigenvalue weighted by atomic mass is 10.3. The SMILES string of the molecule is Nc1ccc(CC(=O)O)nc1. The molecule has 58 valence electrons. The van der Waals surface area contributed by atoms with E-state index in [4.69, 9.17) is 10.8 Å². The van der Waals surface area contributed by atoms with Crippen molar-refractivity contribution in [2.24, 2.45) is 0 Å². The van der Waals surface area contributed by atoms with Crippen molar-refractivity contribution in [1.29, 1.82) is 0 Å². The largest absolute Gasteiger partial charge is 0.481 e. The minimum absolute atomic E-state index is 0.0553. The Morgan fingerprint density at radius 2 is 2.36 bits per heavy atom. The molecule has 0 atom stereocenters. The number of carboxylic acid groups (broad SMARTS) is 1. The van der Waals surface area contributed by atoms with Gasteiger partial charge in [-0.1, -0.05) is 0 Å². The summed E-state index contributed by atoms with van der Waals surface area (Å²) in [7, 11) is 0. The number of nitrogens with two attached hydrogens (primary N) is 1. The maximum Gasteiger partial charge on any atom is 0.309 e. The first kappa shape index (κ1) is 7.53. The molecule has 0 aromatic carbocycles. The molecule has 1 aromatic rings. The number of nitrogens with zero attached hydrogens (tertiary/aromatic N) is 1. The number of aromatic nitrogens is 1. The van der Waals surface area contributed by atoms with E-state index in [1.54, 1.807) is 12.1 Å². The minimum atomic E-state index is -0.887. The smallest absolute Gasteiger partial charge is 0.309 e. The van der Waals surface area contributed by atoms with Crippen LogP contribution in [0.2, 0.25) is 0 Å². The van der Waals surface area contributed by atoms with Crippen LogP contribution in [0, 0.1) is 0 Å². The summed E-state index contributed by atoms with van der Waals surface area (Å²) in [6.07, 6.45) is 1.39. The van der Waals surface area contributed by atoms with Gasteiger partial charge in [0, 0.05) is 0 Å². The average molecular weight is 152 g/mol. The molecule has 0 saturated carbocycles. The van der Waals surface area contributed by atoms with Gasteiger partial charge in [0.2, 0.25) is 0 Å². The van der Waals surface area contributed by atoms with E-state index in [1.807, 2.05) is 0 Å². The maximum absolute atomic E-state index is 10.2. The Hall–Kier alpha value is -1.58. The maximum atomic E-state index is 10.2. The van der Waals surface area contributed by atoms with Crippen molar-refractivity contribution in [3.8, 4) is 0 Å². The third-order valence-corrected chi connectivity index (χ3v) is 1.18. The third-order valence-electron chi connectivity index (χ3n) is 1.18. The van der Waals surface area contributed by atoms with Gasteiger partial charge in [-0.25, -0.2) is 0 Å². The van der Waals surface area contributed by atoms with Crippen molar-refractivity contribution in [2.75, 3.05) is 5.73 Å². The number of rotatable bonds is 2. The summed E-state index contributed by atoms with van der Waals surface area (Å²) in [4.78, 5) is 14.0.